The number of amides is 1. The molecule has 0 aromatic heterocycles. The smallest absolute Gasteiger partial charge is 0.239 e. The van der Waals surface area contributed by atoms with Crippen molar-refractivity contribution in [3.8, 4) is 11.5 Å². The Morgan fingerprint density at radius 1 is 0.897 bits per heavy atom. The van der Waals surface area contributed by atoms with Gasteiger partial charge in [0.25, 0.3) is 0 Å². The van der Waals surface area contributed by atoms with Crippen LogP contribution >= 0.6 is 0 Å². The maximum absolute atomic E-state index is 12.6. The second kappa shape index (κ2) is 9.36. The Morgan fingerprint density at radius 2 is 1.48 bits per heavy atom. The molecule has 6 nitrogen and oxygen atoms in total. The molecule has 3 aromatic rings. The van der Waals surface area contributed by atoms with Gasteiger partial charge in [-0.1, -0.05) is 60.7 Å². The van der Waals surface area contributed by atoms with Crippen LogP contribution in [0.5, 0.6) is 11.5 Å². The number of anilines is 1. The van der Waals surface area contributed by atoms with Crippen molar-refractivity contribution in [2.75, 3.05) is 18.1 Å². The molecule has 0 radical (unpaired) electrons. The molecule has 0 bridgehead atoms. The zero-order valence-corrected chi connectivity index (χ0v) is 16.8. The van der Waals surface area contributed by atoms with E-state index < -0.39 is 15.9 Å². The number of rotatable bonds is 8. The first-order chi connectivity index (χ1) is 13.9. The molecule has 0 aliphatic rings. The van der Waals surface area contributed by atoms with Crippen LogP contribution in [0.3, 0.4) is 0 Å². The monoisotopic (exact) mass is 410 g/mol. The van der Waals surface area contributed by atoms with Gasteiger partial charge in [-0.2, -0.15) is 4.31 Å². The summed E-state index contributed by atoms with van der Waals surface area (Å²) in [5.74, 6) is 0.660. The fourth-order valence-electron chi connectivity index (χ4n) is 2.70. The summed E-state index contributed by atoms with van der Waals surface area (Å²) < 4.78 is 31.3. The molecule has 0 atom stereocenters. The average Bonchev–Trinajstić information content (AvgIpc) is 2.70. The fraction of sp³-hybridized carbons (Fsp3) is 0.136. The van der Waals surface area contributed by atoms with E-state index in [-0.39, 0.29) is 13.1 Å². The van der Waals surface area contributed by atoms with Crippen LogP contribution in [-0.4, -0.2) is 31.4 Å². The molecule has 0 fully saturated rings. The van der Waals surface area contributed by atoms with Gasteiger partial charge in [-0.05, 0) is 29.8 Å². The first-order valence-corrected chi connectivity index (χ1v) is 10.9. The quantitative estimate of drug-likeness (QED) is 0.612. The minimum atomic E-state index is -3.57. The highest BCUT2D eigenvalue weighted by Gasteiger charge is 2.21. The third-order valence-electron chi connectivity index (χ3n) is 4.12. The number of para-hydroxylation sites is 3. The minimum Gasteiger partial charge on any atom is -0.455 e. The summed E-state index contributed by atoms with van der Waals surface area (Å²) in [6.07, 6.45) is 1.09. The van der Waals surface area contributed by atoms with E-state index in [4.69, 9.17) is 4.74 Å². The van der Waals surface area contributed by atoms with E-state index in [1.165, 1.54) is 0 Å². The van der Waals surface area contributed by atoms with E-state index in [1.54, 1.807) is 24.3 Å². The molecule has 0 spiro atoms. The summed E-state index contributed by atoms with van der Waals surface area (Å²) >= 11 is 0. The Bertz CT molecular complexity index is 1050. The molecule has 150 valence electrons. The summed E-state index contributed by atoms with van der Waals surface area (Å²) in [6.45, 7) is -0.178. The Morgan fingerprint density at radius 3 is 2.14 bits per heavy atom. The van der Waals surface area contributed by atoms with Crippen LogP contribution in [0.4, 0.5) is 5.69 Å². The number of carbonyl (C=O) groups excluding carboxylic acids is 1. The van der Waals surface area contributed by atoms with Crippen molar-refractivity contribution in [1.82, 2.24) is 4.31 Å². The van der Waals surface area contributed by atoms with Crippen LogP contribution in [0.25, 0.3) is 0 Å². The summed E-state index contributed by atoms with van der Waals surface area (Å²) in [7, 11) is -3.57. The van der Waals surface area contributed by atoms with Crippen LogP contribution in [0, 0.1) is 0 Å². The summed E-state index contributed by atoms with van der Waals surface area (Å²) in [5.41, 5.74) is 1.27. The van der Waals surface area contributed by atoms with Crippen LogP contribution in [0.2, 0.25) is 0 Å². The predicted octanol–water partition coefficient (Wildman–Crippen LogP) is 3.88. The largest absolute Gasteiger partial charge is 0.455 e. The van der Waals surface area contributed by atoms with Gasteiger partial charge < -0.3 is 10.1 Å². The molecule has 1 amide bonds. The zero-order valence-electron chi connectivity index (χ0n) is 16.0. The Labute approximate surface area is 170 Å². The van der Waals surface area contributed by atoms with Crippen LogP contribution < -0.4 is 10.1 Å². The van der Waals surface area contributed by atoms with Crippen molar-refractivity contribution in [2.24, 2.45) is 0 Å². The first-order valence-electron chi connectivity index (χ1n) is 9.02. The SMILES string of the molecule is CS(=O)(=O)N(CC(=O)Nc1ccccc1Oc1ccccc1)Cc1ccccc1. The van der Waals surface area contributed by atoms with E-state index in [1.807, 2.05) is 60.7 Å². The minimum absolute atomic E-state index is 0.120. The molecule has 0 aliphatic carbocycles. The van der Waals surface area contributed by atoms with Gasteiger partial charge >= 0.3 is 0 Å². The van der Waals surface area contributed by atoms with E-state index in [9.17, 15) is 13.2 Å². The third-order valence-corrected chi connectivity index (χ3v) is 5.32. The number of carbonyl (C=O) groups is 1. The topological polar surface area (TPSA) is 75.7 Å². The lowest BCUT2D eigenvalue weighted by atomic mass is 10.2. The third kappa shape index (κ3) is 6.17. The van der Waals surface area contributed by atoms with Crippen molar-refractivity contribution in [3.05, 3.63) is 90.5 Å². The van der Waals surface area contributed by atoms with Gasteiger partial charge in [-0.25, -0.2) is 8.42 Å². The molecule has 0 heterocycles. The number of sulfonamides is 1. The van der Waals surface area contributed by atoms with Crippen LogP contribution in [0.1, 0.15) is 5.56 Å². The molecule has 7 heteroatoms. The first kappa shape index (κ1) is 20.6. The van der Waals surface area contributed by atoms with Gasteiger partial charge in [-0.3, -0.25) is 4.79 Å². The van der Waals surface area contributed by atoms with Crippen LogP contribution in [-0.2, 0) is 21.4 Å². The van der Waals surface area contributed by atoms with Gasteiger partial charge in [0, 0.05) is 6.54 Å². The van der Waals surface area contributed by atoms with Crippen LogP contribution in [0.15, 0.2) is 84.9 Å². The second-order valence-electron chi connectivity index (χ2n) is 6.48. The highest BCUT2D eigenvalue weighted by molar-refractivity contribution is 7.88. The van der Waals surface area contributed by atoms with E-state index in [0.717, 1.165) is 16.1 Å². The lowest BCUT2D eigenvalue weighted by Gasteiger charge is -2.20. The summed E-state index contributed by atoms with van der Waals surface area (Å²) in [6, 6.07) is 25.4. The van der Waals surface area contributed by atoms with Crippen molar-refractivity contribution in [2.45, 2.75) is 6.54 Å². The molecule has 29 heavy (non-hydrogen) atoms. The molecule has 0 unspecified atom stereocenters. The molecule has 3 aromatic carbocycles. The van der Waals surface area contributed by atoms with Gasteiger partial charge in [-0.15, -0.1) is 0 Å². The Balaban J connectivity index is 1.72. The van der Waals surface area contributed by atoms with E-state index in [0.29, 0.717) is 17.2 Å². The molecular weight excluding hydrogens is 388 g/mol. The molecule has 0 saturated heterocycles. The normalized spacial score (nSPS) is 11.2. The number of benzene rings is 3. The van der Waals surface area contributed by atoms with Crippen molar-refractivity contribution >= 4 is 21.6 Å². The average molecular weight is 410 g/mol. The highest BCUT2D eigenvalue weighted by atomic mass is 32.2. The van der Waals surface area contributed by atoms with Crippen molar-refractivity contribution < 1.29 is 17.9 Å². The number of ether oxygens (including phenoxy) is 1. The second-order valence-corrected chi connectivity index (χ2v) is 8.46. The van der Waals surface area contributed by atoms with Gasteiger partial charge in [0.15, 0.2) is 5.75 Å². The number of nitrogens with one attached hydrogen (secondary N) is 1. The summed E-state index contributed by atoms with van der Waals surface area (Å²) in [5, 5.41) is 2.75. The molecule has 1 N–H and O–H groups in total. The Kier molecular flexibility index (Phi) is 6.64. The van der Waals surface area contributed by atoms with Gasteiger partial charge in [0.2, 0.25) is 15.9 Å². The summed E-state index contributed by atoms with van der Waals surface area (Å²) in [4.78, 5) is 12.6. The fourth-order valence-corrected chi connectivity index (χ4v) is 3.44. The number of nitrogens with zero attached hydrogens (tertiary/aromatic N) is 1. The molecular formula is C22H22N2O4S. The number of hydrogen-bond donors (Lipinski definition) is 1. The Hall–Kier alpha value is -3.16. The lowest BCUT2D eigenvalue weighted by Crippen LogP contribution is -2.36. The van der Waals surface area contributed by atoms with Gasteiger partial charge in [0.1, 0.15) is 5.75 Å². The lowest BCUT2D eigenvalue weighted by molar-refractivity contribution is -0.116. The molecule has 0 saturated carbocycles. The maximum atomic E-state index is 12.6. The zero-order chi connectivity index (χ0) is 20.7. The molecule has 0 aliphatic heterocycles. The predicted molar refractivity (Wildman–Crippen MR) is 113 cm³/mol. The molecule has 3 rings (SSSR count). The maximum Gasteiger partial charge on any atom is 0.239 e. The number of hydrogen-bond acceptors (Lipinski definition) is 4. The van der Waals surface area contributed by atoms with Crippen molar-refractivity contribution in [3.63, 3.8) is 0 Å². The van der Waals surface area contributed by atoms with E-state index >= 15 is 0 Å². The van der Waals surface area contributed by atoms with Gasteiger partial charge in [0.05, 0.1) is 18.5 Å². The van der Waals surface area contributed by atoms with E-state index in [2.05, 4.69) is 5.32 Å². The van der Waals surface area contributed by atoms with Crippen molar-refractivity contribution in [1.29, 1.82) is 0 Å². The standard InChI is InChI=1S/C22H22N2O4S/c1-29(26,27)24(16-18-10-4-2-5-11-18)17-22(25)23-20-14-8-9-15-21(20)28-19-12-6-3-7-13-19/h2-15H,16-17H2,1H3,(H,23,25). The highest BCUT2D eigenvalue weighted by Crippen LogP contribution is 2.29.